The van der Waals surface area contributed by atoms with Crippen molar-refractivity contribution in [2.24, 2.45) is 0 Å². The fourth-order valence-corrected chi connectivity index (χ4v) is 11.5. The summed E-state index contributed by atoms with van der Waals surface area (Å²) in [6, 6.07) is 0. The normalized spacial score (nSPS) is 12.0. The van der Waals surface area contributed by atoms with Crippen LogP contribution in [-0.4, -0.2) is 37.2 Å². The highest BCUT2D eigenvalue weighted by molar-refractivity contribution is 5.71. The van der Waals surface area contributed by atoms with Gasteiger partial charge in [0.05, 0.1) is 0 Å². The molecule has 1 unspecified atom stereocenters. The molecule has 0 aromatic rings. The van der Waals surface area contributed by atoms with Gasteiger partial charge in [0, 0.05) is 19.3 Å². The Morgan fingerprint density at radius 1 is 0.237 bits per heavy atom. The Kier molecular flexibility index (Phi) is 68.0. The molecule has 0 bridgehead atoms. The quantitative estimate of drug-likeness (QED) is 0.0261. The Bertz CT molecular complexity index is 1250. The molecule has 80 heavy (non-hydrogen) atoms. The van der Waals surface area contributed by atoms with E-state index in [0.29, 0.717) is 19.3 Å². The fraction of sp³-hybridized carbons (Fsp3) is 0.932. The van der Waals surface area contributed by atoms with E-state index >= 15 is 0 Å². The summed E-state index contributed by atoms with van der Waals surface area (Å²) >= 11 is 0. The zero-order valence-electron chi connectivity index (χ0n) is 54.6. The van der Waals surface area contributed by atoms with Crippen LogP contribution in [0.15, 0.2) is 12.2 Å². The third kappa shape index (κ3) is 66.9. The van der Waals surface area contributed by atoms with Gasteiger partial charge in [0.25, 0.3) is 0 Å². The second kappa shape index (κ2) is 69.6. The van der Waals surface area contributed by atoms with Crippen LogP contribution in [-0.2, 0) is 28.6 Å². The largest absolute Gasteiger partial charge is 0.462 e. The van der Waals surface area contributed by atoms with Crippen LogP contribution < -0.4 is 0 Å². The highest BCUT2D eigenvalue weighted by Crippen LogP contribution is 2.19. The molecule has 0 heterocycles. The fourth-order valence-electron chi connectivity index (χ4n) is 11.5. The van der Waals surface area contributed by atoms with E-state index in [1.54, 1.807) is 0 Å². The average molecular weight is 1130 g/mol. The highest BCUT2D eigenvalue weighted by Gasteiger charge is 2.20. The molecule has 0 aromatic heterocycles. The molecule has 0 aliphatic rings. The van der Waals surface area contributed by atoms with Crippen LogP contribution in [0.25, 0.3) is 0 Å². The van der Waals surface area contributed by atoms with E-state index in [1.807, 2.05) is 0 Å². The van der Waals surface area contributed by atoms with Crippen LogP contribution in [0.1, 0.15) is 425 Å². The Balaban J connectivity index is 4.03. The number of allylic oxidation sites excluding steroid dienone is 2. The van der Waals surface area contributed by atoms with E-state index in [2.05, 4.69) is 32.9 Å². The van der Waals surface area contributed by atoms with E-state index in [4.69, 9.17) is 14.2 Å². The van der Waals surface area contributed by atoms with Crippen molar-refractivity contribution in [3.8, 4) is 0 Å². The van der Waals surface area contributed by atoms with Gasteiger partial charge < -0.3 is 14.2 Å². The molecule has 0 saturated heterocycles. The summed E-state index contributed by atoms with van der Waals surface area (Å²) < 4.78 is 17.0. The lowest BCUT2D eigenvalue weighted by atomic mass is 10.0. The van der Waals surface area contributed by atoms with Crippen molar-refractivity contribution in [2.45, 2.75) is 431 Å². The summed E-state index contributed by atoms with van der Waals surface area (Å²) in [6.07, 6.45) is 84.2. The topological polar surface area (TPSA) is 78.9 Å². The van der Waals surface area contributed by atoms with Gasteiger partial charge >= 0.3 is 17.9 Å². The van der Waals surface area contributed by atoms with Crippen LogP contribution in [0.4, 0.5) is 0 Å². The molecule has 0 saturated carbocycles. The standard InChI is InChI=1S/C74H142O6/c1-4-7-10-13-16-19-21-23-25-27-29-31-33-34-35-36-37-38-39-40-41-43-44-46-48-50-52-55-58-61-64-67-73(76)79-70-71(69-78-72(75)66-63-60-57-54-18-15-12-9-6-3)80-74(77)68-65-62-59-56-53-51-49-47-45-42-32-30-28-26-24-22-20-17-14-11-8-5-2/h27,29,71H,4-26,28,30-70H2,1-3H3/b29-27-. The van der Waals surface area contributed by atoms with Crippen LogP contribution >= 0.6 is 0 Å². The number of rotatable bonds is 69. The number of unbranched alkanes of at least 4 members (excludes halogenated alkanes) is 56. The first-order chi connectivity index (χ1) is 39.5. The van der Waals surface area contributed by atoms with Crippen molar-refractivity contribution in [2.75, 3.05) is 13.2 Å². The monoisotopic (exact) mass is 1130 g/mol. The highest BCUT2D eigenvalue weighted by atomic mass is 16.6. The van der Waals surface area contributed by atoms with Crippen molar-refractivity contribution in [3.05, 3.63) is 12.2 Å². The van der Waals surface area contributed by atoms with Crippen LogP contribution in [0.3, 0.4) is 0 Å². The van der Waals surface area contributed by atoms with Crippen molar-refractivity contribution < 1.29 is 28.6 Å². The SMILES string of the molecule is CCCCCCCCCC/C=C\CCCCCCCCCCCCCCCCCCCCCC(=O)OCC(COC(=O)CCCCCCCCCCC)OC(=O)CCCCCCCCCCCCCCCCCCCCCCCC. The Morgan fingerprint density at radius 3 is 0.625 bits per heavy atom. The Labute approximate surface area is 501 Å². The maximum absolute atomic E-state index is 12.9. The zero-order valence-corrected chi connectivity index (χ0v) is 54.6. The second-order valence-electron chi connectivity index (χ2n) is 25.2. The van der Waals surface area contributed by atoms with Crippen molar-refractivity contribution in [1.29, 1.82) is 0 Å². The molecule has 0 rings (SSSR count). The molecular formula is C74H142O6. The van der Waals surface area contributed by atoms with Gasteiger partial charge in [-0.25, -0.2) is 0 Å². The van der Waals surface area contributed by atoms with E-state index in [-0.39, 0.29) is 31.1 Å². The summed E-state index contributed by atoms with van der Waals surface area (Å²) in [5.74, 6) is -0.830. The van der Waals surface area contributed by atoms with Crippen LogP contribution in [0.2, 0.25) is 0 Å². The molecular weight excluding hydrogens is 985 g/mol. The van der Waals surface area contributed by atoms with Gasteiger partial charge in [-0.15, -0.1) is 0 Å². The maximum atomic E-state index is 12.9. The third-order valence-corrected chi connectivity index (χ3v) is 17.0. The van der Waals surface area contributed by atoms with E-state index < -0.39 is 6.10 Å². The van der Waals surface area contributed by atoms with Gasteiger partial charge in [-0.05, 0) is 44.9 Å². The Morgan fingerprint density at radius 2 is 0.412 bits per heavy atom. The third-order valence-electron chi connectivity index (χ3n) is 17.0. The number of hydrogen-bond donors (Lipinski definition) is 0. The molecule has 0 amide bonds. The summed E-state index contributed by atoms with van der Waals surface area (Å²) in [4.78, 5) is 38.3. The van der Waals surface area contributed by atoms with E-state index in [9.17, 15) is 14.4 Å². The predicted molar refractivity (Wildman–Crippen MR) is 349 cm³/mol. The van der Waals surface area contributed by atoms with Gasteiger partial charge in [-0.1, -0.05) is 373 Å². The number of ether oxygens (including phenoxy) is 3. The smallest absolute Gasteiger partial charge is 0.306 e. The van der Waals surface area contributed by atoms with E-state index in [1.165, 1.54) is 327 Å². The molecule has 6 nitrogen and oxygen atoms in total. The molecule has 0 aliphatic carbocycles. The average Bonchev–Trinajstić information content (AvgIpc) is 3.46. The second-order valence-corrected chi connectivity index (χ2v) is 25.2. The lowest BCUT2D eigenvalue weighted by Crippen LogP contribution is -2.30. The van der Waals surface area contributed by atoms with Gasteiger partial charge in [-0.3, -0.25) is 14.4 Å². The lowest BCUT2D eigenvalue weighted by Gasteiger charge is -2.18. The zero-order chi connectivity index (χ0) is 57.8. The molecule has 6 heteroatoms. The number of hydrogen-bond acceptors (Lipinski definition) is 6. The van der Waals surface area contributed by atoms with Crippen molar-refractivity contribution in [3.63, 3.8) is 0 Å². The minimum atomic E-state index is -0.764. The van der Waals surface area contributed by atoms with Gasteiger partial charge in [0.15, 0.2) is 6.10 Å². The van der Waals surface area contributed by atoms with Gasteiger partial charge in [0.2, 0.25) is 0 Å². The molecule has 0 radical (unpaired) electrons. The first-order valence-corrected chi connectivity index (χ1v) is 36.7. The predicted octanol–water partition coefficient (Wildman–Crippen LogP) is 25.2. The lowest BCUT2D eigenvalue weighted by molar-refractivity contribution is -0.167. The summed E-state index contributed by atoms with van der Waals surface area (Å²) in [6.45, 7) is 6.71. The summed E-state index contributed by atoms with van der Waals surface area (Å²) in [5, 5.41) is 0. The maximum Gasteiger partial charge on any atom is 0.306 e. The number of carbonyl (C=O) groups excluding carboxylic acids is 3. The first kappa shape index (κ1) is 78.1. The Hall–Kier alpha value is -1.85. The van der Waals surface area contributed by atoms with Crippen molar-refractivity contribution in [1.82, 2.24) is 0 Å². The molecule has 0 N–H and O–H groups in total. The number of carbonyl (C=O) groups is 3. The van der Waals surface area contributed by atoms with Crippen LogP contribution in [0, 0.1) is 0 Å². The number of esters is 3. The van der Waals surface area contributed by atoms with Crippen molar-refractivity contribution >= 4 is 17.9 Å². The molecule has 0 spiro atoms. The summed E-state index contributed by atoms with van der Waals surface area (Å²) in [5.41, 5.74) is 0. The molecule has 474 valence electrons. The molecule has 0 fully saturated rings. The van der Waals surface area contributed by atoms with Gasteiger partial charge in [0.1, 0.15) is 13.2 Å². The van der Waals surface area contributed by atoms with Crippen LogP contribution in [0.5, 0.6) is 0 Å². The molecule has 0 aliphatic heterocycles. The summed E-state index contributed by atoms with van der Waals surface area (Å²) in [7, 11) is 0. The molecule has 1 atom stereocenters. The van der Waals surface area contributed by atoms with E-state index in [0.717, 1.165) is 57.8 Å². The first-order valence-electron chi connectivity index (χ1n) is 36.7. The molecule has 0 aromatic carbocycles. The van der Waals surface area contributed by atoms with Gasteiger partial charge in [-0.2, -0.15) is 0 Å². The minimum absolute atomic E-state index is 0.0622. The minimum Gasteiger partial charge on any atom is -0.462 e.